The number of anilines is 1. The third-order valence-electron chi connectivity index (χ3n) is 4.04. The number of halogens is 1. The highest BCUT2D eigenvalue weighted by Gasteiger charge is 2.31. The summed E-state index contributed by atoms with van der Waals surface area (Å²) in [5, 5.41) is 0.686. The van der Waals surface area contributed by atoms with Crippen molar-refractivity contribution in [3.63, 3.8) is 0 Å². The van der Waals surface area contributed by atoms with Crippen molar-refractivity contribution in [2.24, 2.45) is 0 Å². The minimum atomic E-state index is 0.642. The van der Waals surface area contributed by atoms with Crippen LogP contribution in [0.1, 0.15) is 23.2 Å². The lowest BCUT2D eigenvalue weighted by atomic mass is 10.1. The Morgan fingerprint density at radius 1 is 1.28 bits per heavy atom. The van der Waals surface area contributed by atoms with Gasteiger partial charge < -0.3 is 4.90 Å². The smallest absolute Gasteiger partial charge is 0.150 e. The van der Waals surface area contributed by atoms with Crippen LogP contribution in [0.2, 0.25) is 5.02 Å². The summed E-state index contributed by atoms with van der Waals surface area (Å²) in [6.07, 6.45) is 3.45. The predicted molar refractivity (Wildman–Crippen MR) is 73.6 cm³/mol. The molecule has 0 N–H and O–H groups in total. The van der Waals surface area contributed by atoms with Gasteiger partial charge in [-0.1, -0.05) is 11.6 Å². The van der Waals surface area contributed by atoms with Crippen molar-refractivity contribution in [2.45, 2.75) is 18.9 Å². The maximum Gasteiger partial charge on any atom is 0.150 e. The molecule has 0 saturated carbocycles. The fraction of sp³-hybridized carbons (Fsp3) is 0.500. The molecule has 2 saturated heterocycles. The highest BCUT2D eigenvalue weighted by molar-refractivity contribution is 6.33. The maximum atomic E-state index is 10.7. The normalized spacial score (nSPS) is 24.1. The van der Waals surface area contributed by atoms with Gasteiger partial charge in [-0.25, -0.2) is 0 Å². The topological polar surface area (TPSA) is 23.6 Å². The SMILES string of the molecule is O=Cc1ccc(N2CCN3CCCC3C2)c(Cl)c1. The van der Waals surface area contributed by atoms with Crippen LogP contribution in [0.4, 0.5) is 5.69 Å². The molecule has 0 radical (unpaired) electrons. The van der Waals surface area contributed by atoms with Crippen molar-refractivity contribution in [3.8, 4) is 0 Å². The van der Waals surface area contributed by atoms with E-state index in [0.29, 0.717) is 16.6 Å². The van der Waals surface area contributed by atoms with Crippen molar-refractivity contribution >= 4 is 23.6 Å². The molecule has 4 heteroatoms. The van der Waals surface area contributed by atoms with Gasteiger partial charge in [0.05, 0.1) is 10.7 Å². The molecular formula is C14H17ClN2O. The summed E-state index contributed by atoms with van der Waals surface area (Å²) in [5.41, 5.74) is 1.71. The van der Waals surface area contributed by atoms with E-state index in [-0.39, 0.29) is 0 Å². The van der Waals surface area contributed by atoms with E-state index in [9.17, 15) is 4.79 Å². The van der Waals surface area contributed by atoms with Crippen LogP contribution in [-0.4, -0.2) is 43.4 Å². The van der Waals surface area contributed by atoms with Gasteiger partial charge in [0, 0.05) is 31.2 Å². The Labute approximate surface area is 112 Å². The van der Waals surface area contributed by atoms with Crippen LogP contribution in [0, 0.1) is 0 Å². The van der Waals surface area contributed by atoms with Crippen LogP contribution < -0.4 is 4.90 Å². The molecule has 0 aliphatic carbocycles. The number of fused-ring (bicyclic) bond motifs is 1. The largest absolute Gasteiger partial charge is 0.367 e. The number of carbonyl (C=O) groups excluding carboxylic acids is 1. The standard InChI is InChI=1S/C14H17ClN2O/c15-13-8-11(10-18)3-4-14(13)17-7-6-16-5-1-2-12(16)9-17/h3-4,8,10,12H,1-2,5-7,9H2. The number of carbonyl (C=O) groups is 1. The van der Waals surface area contributed by atoms with Gasteiger partial charge >= 0.3 is 0 Å². The molecule has 0 amide bonds. The third-order valence-corrected chi connectivity index (χ3v) is 4.34. The highest BCUT2D eigenvalue weighted by Crippen LogP contribution is 2.30. The van der Waals surface area contributed by atoms with E-state index < -0.39 is 0 Å². The molecular weight excluding hydrogens is 248 g/mol. The Balaban J connectivity index is 1.80. The number of hydrogen-bond donors (Lipinski definition) is 0. The van der Waals surface area contributed by atoms with Gasteiger partial charge in [0.15, 0.2) is 0 Å². The van der Waals surface area contributed by atoms with E-state index >= 15 is 0 Å². The van der Waals surface area contributed by atoms with Crippen molar-refractivity contribution in [1.29, 1.82) is 0 Å². The van der Waals surface area contributed by atoms with Crippen LogP contribution in [0.3, 0.4) is 0 Å². The van der Waals surface area contributed by atoms with Crippen LogP contribution in [0.15, 0.2) is 18.2 Å². The molecule has 3 nitrogen and oxygen atoms in total. The Hall–Kier alpha value is -1.06. The number of aldehydes is 1. The molecule has 1 atom stereocenters. The zero-order valence-electron chi connectivity index (χ0n) is 10.3. The van der Waals surface area contributed by atoms with Crippen molar-refractivity contribution in [3.05, 3.63) is 28.8 Å². The fourth-order valence-corrected chi connectivity index (χ4v) is 3.37. The van der Waals surface area contributed by atoms with E-state index in [4.69, 9.17) is 11.6 Å². The van der Waals surface area contributed by atoms with Crippen LogP contribution in [0.25, 0.3) is 0 Å². The summed E-state index contributed by atoms with van der Waals surface area (Å²) in [5.74, 6) is 0. The van der Waals surface area contributed by atoms with Gasteiger partial charge in [-0.3, -0.25) is 9.69 Å². The first kappa shape index (κ1) is 12.0. The summed E-state index contributed by atoms with van der Waals surface area (Å²) in [7, 11) is 0. The van der Waals surface area contributed by atoms with Gasteiger partial charge in [-0.2, -0.15) is 0 Å². The molecule has 3 rings (SSSR count). The minimum Gasteiger partial charge on any atom is -0.367 e. The lowest BCUT2D eigenvalue weighted by Crippen LogP contribution is -2.50. The zero-order valence-corrected chi connectivity index (χ0v) is 11.1. The Bertz CT molecular complexity index is 463. The van der Waals surface area contributed by atoms with Crippen LogP contribution >= 0.6 is 11.6 Å². The van der Waals surface area contributed by atoms with Crippen LogP contribution in [-0.2, 0) is 0 Å². The quantitative estimate of drug-likeness (QED) is 0.767. The molecule has 1 aromatic carbocycles. The first-order valence-corrected chi connectivity index (χ1v) is 6.89. The number of hydrogen-bond acceptors (Lipinski definition) is 3. The van der Waals surface area contributed by atoms with Crippen molar-refractivity contribution in [1.82, 2.24) is 4.90 Å². The predicted octanol–water partition coefficient (Wildman–Crippen LogP) is 2.44. The van der Waals surface area contributed by atoms with E-state index in [0.717, 1.165) is 31.6 Å². The van der Waals surface area contributed by atoms with Gasteiger partial charge in [0.2, 0.25) is 0 Å². The van der Waals surface area contributed by atoms with Gasteiger partial charge in [0.25, 0.3) is 0 Å². The Morgan fingerprint density at radius 2 is 2.17 bits per heavy atom. The molecule has 0 spiro atoms. The second kappa shape index (κ2) is 4.90. The number of benzene rings is 1. The Morgan fingerprint density at radius 3 is 2.94 bits per heavy atom. The second-order valence-corrected chi connectivity index (χ2v) is 5.51. The van der Waals surface area contributed by atoms with Gasteiger partial charge in [-0.05, 0) is 37.6 Å². The maximum absolute atomic E-state index is 10.7. The molecule has 96 valence electrons. The molecule has 0 aromatic heterocycles. The first-order valence-electron chi connectivity index (χ1n) is 6.51. The summed E-state index contributed by atoms with van der Waals surface area (Å²) >= 11 is 6.27. The lowest BCUT2D eigenvalue weighted by molar-refractivity contribution is 0.112. The number of piperazine rings is 1. The molecule has 1 unspecified atom stereocenters. The van der Waals surface area contributed by atoms with E-state index in [1.54, 1.807) is 6.07 Å². The van der Waals surface area contributed by atoms with E-state index in [1.807, 2.05) is 12.1 Å². The van der Waals surface area contributed by atoms with Gasteiger partial charge in [-0.15, -0.1) is 0 Å². The van der Waals surface area contributed by atoms with Gasteiger partial charge in [0.1, 0.15) is 6.29 Å². The molecule has 2 aliphatic rings. The highest BCUT2D eigenvalue weighted by atomic mass is 35.5. The average Bonchev–Trinajstić information content (AvgIpc) is 2.85. The van der Waals surface area contributed by atoms with Crippen LogP contribution in [0.5, 0.6) is 0 Å². The molecule has 2 fully saturated rings. The molecule has 0 bridgehead atoms. The molecule has 2 heterocycles. The first-order chi connectivity index (χ1) is 8.78. The lowest BCUT2D eigenvalue weighted by Gasteiger charge is -2.39. The summed E-state index contributed by atoms with van der Waals surface area (Å²) in [6.45, 7) is 4.45. The van der Waals surface area contributed by atoms with E-state index in [1.165, 1.54) is 19.4 Å². The number of nitrogens with zero attached hydrogens (tertiary/aromatic N) is 2. The van der Waals surface area contributed by atoms with Crippen molar-refractivity contribution < 1.29 is 4.79 Å². The zero-order chi connectivity index (χ0) is 12.5. The summed E-state index contributed by atoms with van der Waals surface area (Å²) in [6, 6.07) is 6.25. The van der Waals surface area contributed by atoms with E-state index in [2.05, 4.69) is 9.80 Å². The summed E-state index contributed by atoms with van der Waals surface area (Å²) in [4.78, 5) is 15.6. The minimum absolute atomic E-state index is 0.642. The summed E-state index contributed by atoms with van der Waals surface area (Å²) < 4.78 is 0. The fourth-order valence-electron chi connectivity index (χ4n) is 3.06. The second-order valence-electron chi connectivity index (χ2n) is 5.11. The monoisotopic (exact) mass is 264 g/mol. The molecule has 2 aliphatic heterocycles. The third kappa shape index (κ3) is 2.13. The molecule has 1 aromatic rings. The Kier molecular flexibility index (Phi) is 3.27. The average molecular weight is 265 g/mol. The van der Waals surface area contributed by atoms with Crippen molar-refractivity contribution in [2.75, 3.05) is 31.1 Å². The number of rotatable bonds is 2. The molecule has 18 heavy (non-hydrogen) atoms.